The fourth-order valence-electron chi connectivity index (χ4n) is 4.20. The molecule has 0 radical (unpaired) electrons. The maximum absolute atomic E-state index is 13.0. The second-order valence-electron chi connectivity index (χ2n) is 7.88. The van der Waals surface area contributed by atoms with Crippen LogP contribution in [-0.4, -0.2) is 51.6 Å². The van der Waals surface area contributed by atoms with Gasteiger partial charge in [-0.2, -0.15) is 0 Å². The molecule has 170 valence electrons. The largest absolute Gasteiger partial charge is 0.453 e. The van der Waals surface area contributed by atoms with Crippen LogP contribution in [0.4, 0.5) is 17.1 Å². The minimum absolute atomic E-state index is 0.0524. The zero-order chi connectivity index (χ0) is 23.0. The lowest BCUT2D eigenvalue weighted by Gasteiger charge is -2.44. The van der Waals surface area contributed by atoms with E-state index in [0.717, 1.165) is 11.4 Å². The predicted octanol–water partition coefficient (Wildman–Crippen LogP) is 3.37. The minimum Gasteiger partial charge on any atom is -0.453 e. The van der Waals surface area contributed by atoms with E-state index in [9.17, 15) is 13.5 Å². The first-order valence-electron chi connectivity index (χ1n) is 10.5. The molecule has 3 aromatic rings. The number of hydrogen-bond acceptors (Lipinski definition) is 7. The second kappa shape index (κ2) is 8.60. The molecule has 3 aromatic carbocycles. The highest BCUT2D eigenvalue weighted by molar-refractivity contribution is 7.89. The Kier molecular flexibility index (Phi) is 5.63. The third-order valence-corrected chi connectivity index (χ3v) is 7.34. The average molecular weight is 466 g/mol. The van der Waals surface area contributed by atoms with Crippen LogP contribution in [0.2, 0.25) is 0 Å². The van der Waals surface area contributed by atoms with Crippen molar-refractivity contribution in [3.8, 4) is 11.5 Å². The Morgan fingerprint density at radius 3 is 2.15 bits per heavy atom. The number of nitrogens with one attached hydrogen (secondary N) is 1. The fraction of sp³-hybridized carbons (Fsp3) is 0.208. The molecule has 0 aliphatic carbocycles. The number of benzene rings is 3. The third kappa shape index (κ3) is 4.00. The van der Waals surface area contributed by atoms with Crippen molar-refractivity contribution in [1.29, 1.82) is 0 Å². The zero-order valence-corrected chi connectivity index (χ0v) is 18.5. The van der Waals surface area contributed by atoms with E-state index in [0.29, 0.717) is 17.2 Å². The summed E-state index contributed by atoms with van der Waals surface area (Å²) in [5, 5.41) is 11.3. The Morgan fingerprint density at radius 2 is 1.55 bits per heavy atom. The molecule has 3 atom stereocenters. The van der Waals surface area contributed by atoms with Gasteiger partial charge in [0.05, 0.1) is 53.4 Å². The van der Waals surface area contributed by atoms with Crippen LogP contribution in [-0.2, 0) is 14.8 Å². The molecule has 5 rings (SSSR count). The van der Waals surface area contributed by atoms with E-state index in [1.54, 1.807) is 12.1 Å². The number of para-hydroxylation sites is 4. The van der Waals surface area contributed by atoms with Crippen molar-refractivity contribution in [1.82, 2.24) is 4.72 Å². The van der Waals surface area contributed by atoms with Crippen molar-refractivity contribution in [2.75, 3.05) is 18.1 Å². The number of aliphatic imine (C=N–C) groups is 1. The molecule has 9 heteroatoms. The summed E-state index contributed by atoms with van der Waals surface area (Å²) in [5.41, 5.74) is 2.12. The summed E-state index contributed by atoms with van der Waals surface area (Å²) in [4.78, 5) is 5.82. The summed E-state index contributed by atoms with van der Waals surface area (Å²) < 4.78 is 40.3. The Bertz CT molecular complexity index is 1230. The van der Waals surface area contributed by atoms with Crippen molar-refractivity contribution in [3.05, 3.63) is 72.8 Å². The zero-order valence-electron chi connectivity index (χ0n) is 17.7. The van der Waals surface area contributed by atoms with Crippen molar-refractivity contribution >= 4 is 33.8 Å². The molecular formula is C24H23N3O5S. The van der Waals surface area contributed by atoms with Gasteiger partial charge < -0.3 is 19.5 Å². The molecule has 0 spiro atoms. The molecule has 0 bridgehead atoms. The van der Waals surface area contributed by atoms with Gasteiger partial charge in [0.2, 0.25) is 10.0 Å². The molecule has 1 fully saturated rings. The lowest BCUT2D eigenvalue weighted by molar-refractivity contribution is -0.0244. The summed E-state index contributed by atoms with van der Waals surface area (Å²) in [6.45, 7) is 3.71. The summed E-state index contributed by atoms with van der Waals surface area (Å²) >= 11 is 0. The van der Waals surface area contributed by atoms with Crippen LogP contribution in [0.25, 0.3) is 0 Å². The maximum Gasteiger partial charge on any atom is 0.240 e. The quantitative estimate of drug-likeness (QED) is 0.561. The molecule has 2 N–H and O–H groups in total. The van der Waals surface area contributed by atoms with Gasteiger partial charge in [0.1, 0.15) is 0 Å². The van der Waals surface area contributed by atoms with Gasteiger partial charge in [0.25, 0.3) is 0 Å². The standard InChI is InChI=1S/C24H23N3O5S/c1-25-16-10-12-17(13-11-16)33(29,30)26-18-14-31-15-21(24(18)28)27-19-6-2-4-8-22(19)32-23-9-5-3-7-20(23)27/h2-13,18,21,24,26,28H,1,14-15H2/t18-,21+,24+/m1/s1. The van der Waals surface area contributed by atoms with Crippen LogP contribution in [0.3, 0.4) is 0 Å². The van der Waals surface area contributed by atoms with E-state index in [1.165, 1.54) is 12.1 Å². The Hall–Kier alpha value is -3.24. The highest BCUT2D eigenvalue weighted by atomic mass is 32.2. The van der Waals surface area contributed by atoms with Gasteiger partial charge in [0.15, 0.2) is 11.5 Å². The van der Waals surface area contributed by atoms with Crippen molar-refractivity contribution in [3.63, 3.8) is 0 Å². The molecule has 0 aromatic heterocycles. The summed E-state index contributed by atoms with van der Waals surface area (Å²) in [6.07, 6.45) is -1.04. The predicted molar refractivity (Wildman–Crippen MR) is 125 cm³/mol. The van der Waals surface area contributed by atoms with Crippen LogP contribution in [0, 0.1) is 0 Å². The van der Waals surface area contributed by atoms with E-state index in [2.05, 4.69) is 16.4 Å². The normalized spacial score (nSPS) is 22.1. The molecule has 0 unspecified atom stereocenters. The molecule has 33 heavy (non-hydrogen) atoms. The molecule has 0 amide bonds. The van der Waals surface area contributed by atoms with Gasteiger partial charge in [-0.1, -0.05) is 24.3 Å². The molecule has 2 aliphatic heterocycles. The number of sulfonamides is 1. The van der Waals surface area contributed by atoms with Gasteiger partial charge in [0, 0.05) is 0 Å². The van der Waals surface area contributed by atoms with Gasteiger partial charge in [-0.05, 0) is 55.2 Å². The van der Waals surface area contributed by atoms with Crippen LogP contribution < -0.4 is 14.4 Å². The number of rotatable bonds is 5. The molecular weight excluding hydrogens is 442 g/mol. The number of nitrogens with zero attached hydrogens (tertiary/aromatic N) is 2. The number of fused-ring (bicyclic) bond motifs is 2. The van der Waals surface area contributed by atoms with Crippen LogP contribution in [0.5, 0.6) is 11.5 Å². The second-order valence-corrected chi connectivity index (χ2v) is 9.60. The van der Waals surface area contributed by atoms with E-state index >= 15 is 0 Å². The highest BCUT2D eigenvalue weighted by Gasteiger charge is 2.41. The highest BCUT2D eigenvalue weighted by Crippen LogP contribution is 2.48. The molecule has 0 saturated carbocycles. The van der Waals surface area contributed by atoms with Gasteiger partial charge in [-0.15, -0.1) is 0 Å². The Morgan fingerprint density at radius 1 is 0.939 bits per heavy atom. The van der Waals surface area contributed by atoms with Crippen LogP contribution >= 0.6 is 0 Å². The minimum atomic E-state index is -3.89. The Labute approximate surface area is 192 Å². The number of ether oxygens (including phenoxy) is 2. The third-order valence-electron chi connectivity index (χ3n) is 5.83. The smallest absolute Gasteiger partial charge is 0.240 e. The average Bonchev–Trinajstić information content (AvgIpc) is 2.84. The fourth-order valence-corrected chi connectivity index (χ4v) is 5.44. The number of hydrogen-bond donors (Lipinski definition) is 2. The monoisotopic (exact) mass is 465 g/mol. The molecule has 2 aliphatic rings. The van der Waals surface area contributed by atoms with Crippen molar-refractivity contribution < 1.29 is 23.0 Å². The van der Waals surface area contributed by atoms with Crippen LogP contribution in [0.15, 0.2) is 82.7 Å². The topological polar surface area (TPSA) is 100 Å². The van der Waals surface area contributed by atoms with E-state index in [4.69, 9.17) is 9.47 Å². The first-order chi connectivity index (χ1) is 16.0. The van der Waals surface area contributed by atoms with Gasteiger partial charge in [-0.3, -0.25) is 4.99 Å². The van der Waals surface area contributed by atoms with E-state index < -0.39 is 28.2 Å². The molecule has 8 nitrogen and oxygen atoms in total. The maximum atomic E-state index is 13.0. The van der Waals surface area contributed by atoms with E-state index in [1.807, 2.05) is 53.4 Å². The first kappa shape index (κ1) is 21.6. The summed E-state index contributed by atoms with van der Waals surface area (Å²) in [5.74, 6) is 1.31. The number of aliphatic hydroxyl groups is 1. The van der Waals surface area contributed by atoms with Crippen molar-refractivity contribution in [2.45, 2.75) is 23.1 Å². The number of aliphatic hydroxyl groups excluding tert-OH is 1. The molecule has 1 saturated heterocycles. The van der Waals surface area contributed by atoms with Gasteiger partial charge in [-0.25, -0.2) is 13.1 Å². The van der Waals surface area contributed by atoms with Crippen molar-refractivity contribution in [2.24, 2.45) is 4.99 Å². The lowest BCUT2D eigenvalue weighted by atomic mass is 9.98. The van der Waals surface area contributed by atoms with E-state index in [-0.39, 0.29) is 18.1 Å². The first-order valence-corrected chi connectivity index (χ1v) is 12.0. The Balaban J connectivity index is 1.45. The van der Waals surface area contributed by atoms with Crippen LogP contribution in [0.1, 0.15) is 0 Å². The molecule has 2 heterocycles. The SMILES string of the molecule is C=Nc1ccc(S(=O)(=O)N[C@@H]2COC[C@H](N3c4ccccc4Oc4ccccc43)[C@H]2O)cc1. The number of anilines is 2. The lowest BCUT2D eigenvalue weighted by Crippen LogP contribution is -2.60. The van der Waals surface area contributed by atoms with Gasteiger partial charge >= 0.3 is 0 Å². The summed E-state index contributed by atoms with van der Waals surface area (Å²) in [6, 6.07) is 19.7. The summed E-state index contributed by atoms with van der Waals surface area (Å²) in [7, 11) is -3.89.